The summed E-state index contributed by atoms with van der Waals surface area (Å²) in [6, 6.07) is 4.87. The number of hydrogen-bond acceptors (Lipinski definition) is 4. The van der Waals surface area contributed by atoms with Crippen molar-refractivity contribution >= 4 is 6.03 Å². The quantitative estimate of drug-likeness (QED) is 0.719. The molecule has 0 spiro atoms. The molecule has 0 saturated carbocycles. The van der Waals surface area contributed by atoms with Crippen LogP contribution < -0.4 is 10.6 Å². The first kappa shape index (κ1) is 19.6. The van der Waals surface area contributed by atoms with Gasteiger partial charge in [-0.3, -0.25) is 0 Å². The number of carbonyl (C=O) groups is 1. The predicted octanol–water partition coefficient (Wildman–Crippen LogP) is 1.18. The monoisotopic (exact) mass is 352 g/mol. The van der Waals surface area contributed by atoms with Gasteiger partial charge in [-0.25, -0.2) is 9.18 Å². The summed E-state index contributed by atoms with van der Waals surface area (Å²) in [5, 5.41) is 15.2. The van der Waals surface area contributed by atoms with Crippen LogP contribution in [0.5, 0.6) is 0 Å². The van der Waals surface area contributed by atoms with Crippen molar-refractivity contribution in [3.05, 3.63) is 35.6 Å². The Morgan fingerprint density at radius 2 is 1.92 bits per heavy atom. The largest absolute Gasteiger partial charge is 0.394 e. The summed E-state index contributed by atoms with van der Waals surface area (Å²) < 4.78 is 13.0. The standard InChI is InChI=1S/C18H29FN4O2/c1-22(2)18(8-10-23(3)11-9-18)13-20-17(25)21-16(12-24)14-4-6-15(19)7-5-14/h4-7,16,24H,8-13H2,1-3H3,(H2,20,21,25)/t16-/m1/s1. The fourth-order valence-corrected chi connectivity index (χ4v) is 3.20. The third kappa shape index (κ3) is 5.14. The number of urea groups is 1. The highest BCUT2D eigenvalue weighted by molar-refractivity contribution is 5.74. The van der Waals surface area contributed by atoms with Crippen molar-refractivity contribution in [3.63, 3.8) is 0 Å². The van der Waals surface area contributed by atoms with Crippen molar-refractivity contribution in [2.45, 2.75) is 24.4 Å². The van der Waals surface area contributed by atoms with Crippen LogP contribution in [0.25, 0.3) is 0 Å². The fraction of sp³-hybridized carbons (Fsp3) is 0.611. The summed E-state index contributed by atoms with van der Waals surface area (Å²) in [4.78, 5) is 16.8. The minimum atomic E-state index is -0.562. The molecule has 25 heavy (non-hydrogen) atoms. The van der Waals surface area contributed by atoms with E-state index < -0.39 is 6.04 Å². The van der Waals surface area contributed by atoms with Crippen LogP contribution in [0.15, 0.2) is 24.3 Å². The first-order valence-corrected chi connectivity index (χ1v) is 8.63. The minimum absolute atomic E-state index is 0.0611. The maximum atomic E-state index is 13.0. The van der Waals surface area contributed by atoms with Gasteiger partial charge in [-0.15, -0.1) is 0 Å². The SMILES string of the molecule is CN1CCC(CNC(=O)N[C@H](CO)c2ccc(F)cc2)(N(C)C)CC1. The molecule has 0 radical (unpaired) electrons. The number of aliphatic hydroxyl groups is 1. The molecule has 1 aromatic carbocycles. The van der Waals surface area contributed by atoms with Crippen LogP contribution >= 0.6 is 0 Å². The third-order valence-electron chi connectivity index (χ3n) is 5.20. The van der Waals surface area contributed by atoms with Crippen LogP contribution in [0.4, 0.5) is 9.18 Å². The lowest BCUT2D eigenvalue weighted by atomic mass is 9.86. The molecule has 0 unspecified atom stereocenters. The maximum Gasteiger partial charge on any atom is 0.315 e. The number of aliphatic hydroxyl groups excluding tert-OH is 1. The van der Waals surface area contributed by atoms with Crippen LogP contribution in [0.3, 0.4) is 0 Å². The maximum absolute atomic E-state index is 13.0. The van der Waals surface area contributed by atoms with E-state index in [2.05, 4.69) is 27.5 Å². The van der Waals surface area contributed by atoms with Crippen molar-refractivity contribution in [3.8, 4) is 0 Å². The molecule has 1 saturated heterocycles. The molecule has 140 valence electrons. The Balaban J connectivity index is 1.92. The number of amides is 2. The number of likely N-dealkylation sites (N-methyl/N-ethyl adjacent to an activating group) is 1. The molecule has 2 amide bonds. The minimum Gasteiger partial charge on any atom is -0.394 e. The van der Waals surface area contributed by atoms with Crippen molar-refractivity contribution in [1.82, 2.24) is 20.4 Å². The summed E-state index contributed by atoms with van der Waals surface area (Å²) in [7, 11) is 6.19. The second-order valence-corrected chi connectivity index (χ2v) is 7.04. The lowest BCUT2D eigenvalue weighted by molar-refractivity contribution is 0.0677. The molecule has 1 fully saturated rings. The molecule has 7 heteroatoms. The zero-order valence-electron chi connectivity index (χ0n) is 15.3. The van der Waals surface area contributed by atoms with Crippen LogP contribution in [-0.2, 0) is 0 Å². The Bertz CT molecular complexity index is 557. The molecule has 6 nitrogen and oxygen atoms in total. The molecule has 1 atom stereocenters. The number of benzene rings is 1. The van der Waals surface area contributed by atoms with E-state index in [1.54, 1.807) is 12.1 Å². The molecule has 1 aliphatic heterocycles. The van der Waals surface area contributed by atoms with E-state index in [-0.39, 0.29) is 24.0 Å². The second-order valence-electron chi connectivity index (χ2n) is 7.04. The van der Waals surface area contributed by atoms with Crippen LogP contribution in [0.2, 0.25) is 0 Å². The molecule has 2 rings (SSSR count). The van der Waals surface area contributed by atoms with E-state index in [0.29, 0.717) is 12.1 Å². The van der Waals surface area contributed by atoms with Gasteiger partial charge >= 0.3 is 6.03 Å². The molecule has 0 aliphatic carbocycles. The summed E-state index contributed by atoms with van der Waals surface area (Å²) in [5.74, 6) is -0.347. The van der Waals surface area contributed by atoms with E-state index >= 15 is 0 Å². The first-order valence-electron chi connectivity index (χ1n) is 8.63. The highest BCUT2D eigenvalue weighted by Crippen LogP contribution is 2.25. The van der Waals surface area contributed by atoms with Crippen LogP contribution in [0, 0.1) is 5.82 Å². The Labute approximate surface area is 149 Å². The third-order valence-corrected chi connectivity index (χ3v) is 5.20. The molecule has 1 heterocycles. The van der Waals surface area contributed by atoms with Gasteiger partial charge in [0.2, 0.25) is 0 Å². The van der Waals surface area contributed by atoms with Gasteiger partial charge in [0.05, 0.1) is 12.6 Å². The van der Waals surface area contributed by atoms with Gasteiger partial charge in [0.1, 0.15) is 5.82 Å². The van der Waals surface area contributed by atoms with Crippen molar-refractivity contribution in [2.75, 3.05) is 47.4 Å². The normalized spacial score (nSPS) is 18.8. The number of nitrogens with one attached hydrogen (secondary N) is 2. The molecule has 1 aliphatic rings. The lowest BCUT2D eigenvalue weighted by Crippen LogP contribution is -2.58. The highest BCUT2D eigenvalue weighted by Gasteiger charge is 2.36. The zero-order valence-corrected chi connectivity index (χ0v) is 15.3. The van der Waals surface area contributed by atoms with Crippen LogP contribution in [-0.4, -0.2) is 73.9 Å². The Morgan fingerprint density at radius 3 is 2.44 bits per heavy atom. The second kappa shape index (κ2) is 8.60. The first-order chi connectivity index (χ1) is 11.9. The lowest BCUT2D eigenvalue weighted by Gasteiger charge is -2.45. The number of piperidine rings is 1. The molecular formula is C18H29FN4O2. The number of rotatable bonds is 6. The average molecular weight is 352 g/mol. The van der Waals surface area contributed by atoms with E-state index in [9.17, 15) is 14.3 Å². The van der Waals surface area contributed by atoms with E-state index in [4.69, 9.17) is 0 Å². The smallest absolute Gasteiger partial charge is 0.315 e. The van der Waals surface area contributed by atoms with Gasteiger partial charge in [0, 0.05) is 12.1 Å². The van der Waals surface area contributed by atoms with Crippen molar-refractivity contribution in [1.29, 1.82) is 0 Å². The van der Waals surface area contributed by atoms with Crippen molar-refractivity contribution < 1.29 is 14.3 Å². The zero-order chi connectivity index (χ0) is 18.4. The summed E-state index contributed by atoms with van der Waals surface area (Å²) >= 11 is 0. The molecule has 1 aromatic rings. The highest BCUT2D eigenvalue weighted by atomic mass is 19.1. The Hall–Kier alpha value is -1.70. The Kier molecular flexibility index (Phi) is 6.75. The van der Waals surface area contributed by atoms with Gasteiger partial charge in [-0.2, -0.15) is 0 Å². The van der Waals surface area contributed by atoms with E-state index in [0.717, 1.165) is 25.9 Å². The van der Waals surface area contributed by atoms with Gasteiger partial charge in [0.25, 0.3) is 0 Å². The molecular weight excluding hydrogens is 323 g/mol. The average Bonchev–Trinajstić information content (AvgIpc) is 2.60. The Morgan fingerprint density at radius 1 is 1.32 bits per heavy atom. The number of hydrogen-bond donors (Lipinski definition) is 3. The van der Waals surface area contributed by atoms with Gasteiger partial charge < -0.3 is 25.5 Å². The number of halogens is 1. The van der Waals surface area contributed by atoms with Gasteiger partial charge in [-0.1, -0.05) is 12.1 Å². The summed E-state index contributed by atoms with van der Waals surface area (Å²) in [5.41, 5.74) is 0.606. The topological polar surface area (TPSA) is 67.8 Å². The number of carbonyl (C=O) groups excluding carboxylic acids is 1. The summed E-state index contributed by atoms with van der Waals surface area (Å²) in [6.07, 6.45) is 1.97. The van der Waals surface area contributed by atoms with Gasteiger partial charge in [0.15, 0.2) is 0 Å². The number of nitrogens with zero attached hydrogens (tertiary/aromatic N) is 2. The van der Waals surface area contributed by atoms with Crippen molar-refractivity contribution in [2.24, 2.45) is 0 Å². The van der Waals surface area contributed by atoms with E-state index in [1.807, 2.05) is 14.1 Å². The molecule has 0 aromatic heterocycles. The summed E-state index contributed by atoms with van der Waals surface area (Å²) in [6.45, 7) is 2.29. The van der Waals surface area contributed by atoms with Crippen LogP contribution in [0.1, 0.15) is 24.4 Å². The van der Waals surface area contributed by atoms with E-state index in [1.165, 1.54) is 12.1 Å². The van der Waals surface area contributed by atoms with Gasteiger partial charge in [-0.05, 0) is 64.8 Å². The molecule has 3 N–H and O–H groups in total. The number of likely N-dealkylation sites (tertiary alicyclic amines) is 1. The fourth-order valence-electron chi connectivity index (χ4n) is 3.20. The predicted molar refractivity (Wildman–Crippen MR) is 95.9 cm³/mol. The molecule has 0 bridgehead atoms.